The molecule has 1 amide bonds. The smallest absolute Gasteiger partial charge is 0.308 e. The first-order valence-electron chi connectivity index (χ1n) is 5.25. The zero-order valence-corrected chi connectivity index (χ0v) is 8.77. The van der Waals surface area contributed by atoms with Crippen molar-refractivity contribution in [2.24, 2.45) is 17.6 Å². The van der Waals surface area contributed by atoms with Crippen LogP contribution in [0.4, 0.5) is 0 Å². The summed E-state index contributed by atoms with van der Waals surface area (Å²) in [5, 5.41) is 8.93. The molecule has 3 N–H and O–H groups in total. The van der Waals surface area contributed by atoms with E-state index in [0.717, 1.165) is 12.8 Å². The third-order valence-electron chi connectivity index (χ3n) is 3.43. The highest BCUT2D eigenvalue weighted by molar-refractivity contribution is 5.90. The van der Waals surface area contributed by atoms with Gasteiger partial charge in [-0.25, -0.2) is 0 Å². The molecule has 2 atom stereocenters. The molecule has 84 valence electrons. The van der Waals surface area contributed by atoms with Gasteiger partial charge in [-0.15, -0.1) is 0 Å². The Morgan fingerprint density at radius 1 is 1.40 bits per heavy atom. The minimum atomic E-state index is -0.820. The van der Waals surface area contributed by atoms with E-state index in [2.05, 4.69) is 0 Å². The normalized spacial score (nSPS) is 32.8. The second kappa shape index (κ2) is 3.20. The minimum absolute atomic E-state index is 0.0220. The number of carboxylic acids is 1. The Morgan fingerprint density at radius 3 is 2.40 bits per heavy atom. The number of carboxylic acid groups (broad SMARTS) is 1. The van der Waals surface area contributed by atoms with Crippen LogP contribution in [0.5, 0.6) is 0 Å². The Bertz CT molecular complexity index is 312. The molecular weight excluding hydrogens is 196 g/mol. The number of hydrogen-bond acceptors (Lipinski definition) is 3. The lowest BCUT2D eigenvalue weighted by Crippen LogP contribution is -2.44. The Kier molecular flexibility index (Phi) is 2.22. The summed E-state index contributed by atoms with van der Waals surface area (Å²) >= 11 is 0. The van der Waals surface area contributed by atoms with E-state index in [9.17, 15) is 9.59 Å². The third kappa shape index (κ3) is 1.71. The SMILES string of the molecule is C[C@@H]1CN(C(=O)C2(N)CC2)C[C@H]1C(=O)O. The molecule has 5 nitrogen and oxygen atoms in total. The number of hydrogen-bond donors (Lipinski definition) is 2. The van der Waals surface area contributed by atoms with E-state index in [4.69, 9.17) is 10.8 Å². The fraction of sp³-hybridized carbons (Fsp3) is 0.800. The summed E-state index contributed by atoms with van der Waals surface area (Å²) in [4.78, 5) is 24.3. The third-order valence-corrected chi connectivity index (χ3v) is 3.43. The number of nitrogens with zero attached hydrogens (tertiary/aromatic N) is 1. The molecule has 1 saturated carbocycles. The van der Waals surface area contributed by atoms with Crippen molar-refractivity contribution in [3.63, 3.8) is 0 Å². The first-order valence-corrected chi connectivity index (χ1v) is 5.25. The molecule has 1 saturated heterocycles. The number of amides is 1. The van der Waals surface area contributed by atoms with Crippen molar-refractivity contribution >= 4 is 11.9 Å². The number of carbonyl (C=O) groups is 2. The van der Waals surface area contributed by atoms with Crippen LogP contribution in [0.25, 0.3) is 0 Å². The van der Waals surface area contributed by atoms with Crippen LogP contribution in [-0.4, -0.2) is 40.5 Å². The average Bonchev–Trinajstić information content (AvgIpc) is 2.77. The van der Waals surface area contributed by atoms with Gasteiger partial charge in [0.25, 0.3) is 0 Å². The highest BCUT2D eigenvalue weighted by Gasteiger charge is 2.50. The summed E-state index contributed by atoms with van der Waals surface area (Å²) in [6.07, 6.45) is 1.46. The zero-order chi connectivity index (χ0) is 11.2. The zero-order valence-electron chi connectivity index (χ0n) is 8.77. The van der Waals surface area contributed by atoms with Crippen LogP contribution in [0.2, 0.25) is 0 Å². The lowest BCUT2D eigenvalue weighted by atomic mass is 9.99. The van der Waals surface area contributed by atoms with Gasteiger partial charge in [0.05, 0.1) is 11.5 Å². The van der Waals surface area contributed by atoms with E-state index in [0.29, 0.717) is 13.1 Å². The van der Waals surface area contributed by atoms with Crippen LogP contribution in [0.15, 0.2) is 0 Å². The molecule has 0 radical (unpaired) electrons. The van der Waals surface area contributed by atoms with Gasteiger partial charge in [-0.1, -0.05) is 6.92 Å². The van der Waals surface area contributed by atoms with E-state index >= 15 is 0 Å². The van der Waals surface area contributed by atoms with Crippen molar-refractivity contribution in [1.29, 1.82) is 0 Å². The van der Waals surface area contributed by atoms with Gasteiger partial charge in [0, 0.05) is 13.1 Å². The Labute approximate surface area is 88.2 Å². The second-order valence-corrected chi connectivity index (χ2v) is 4.79. The van der Waals surface area contributed by atoms with Crippen LogP contribution >= 0.6 is 0 Å². The highest BCUT2D eigenvalue weighted by atomic mass is 16.4. The molecule has 1 aliphatic heterocycles. The lowest BCUT2D eigenvalue weighted by molar-refractivity contribution is -0.142. The van der Waals surface area contributed by atoms with Crippen LogP contribution in [0.3, 0.4) is 0 Å². The molecule has 0 bridgehead atoms. The van der Waals surface area contributed by atoms with Gasteiger partial charge >= 0.3 is 5.97 Å². The summed E-state index contributed by atoms with van der Waals surface area (Å²) < 4.78 is 0. The molecule has 0 aromatic rings. The van der Waals surface area contributed by atoms with Gasteiger partial charge in [0.1, 0.15) is 0 Å². The van der Waals surface area contributed by atoms with Crippen molar-refractivity contribution in [3.8, 4) is 0 Å². The molecule has 0 aromatic heterocycles. The monoisotopic (exact) mass is 212 g/mol. The Hall–Kier alpha value is -1.10. The molecule has 1 heterocycles. The van der Waals surface area contributed by atoms with Crippen LogP contribution in [0.1, 0.15) is 19.8 Å². The maximum Gasteiger partial charge on any atom is 0.308 e. The summed E-state index contributed by atoms with van der Waals surface area (Å²) in [5.74, 6) is -1.30. The number of rotatable bonds is 2. The molecule has 0 aromatic carbocycles. The fourth-order valence-corrected chi connectivity index (χ4v) is 2.12. The number of aliphatic carboxylic acids is 1. The van der Waals surface area contributed by atoms with Crippen molar-refractivity contribution in [2.75, 3.05) is 13.1 Å². The van der Waals surface area contributed by atoms with E-state index in [1.807, 2.05) is 6.92 Å². The average molecular weight is 212 g/mol. The molecule has 2 rings (SSSR count). The summed E-state index contributed by atoms with van der Waals surface area (Å²) in [6, 6.07) is 0. The summed E-state index contributed by atoms with van der Waals surface area (Å²) in [6.45, 7) is 2.70. The number of carbonyl (C=O) groups excluding carboxylic acids is 1. The lowest BCUT2D eigenvalue weighted by Gasteiger charge is -2.19. The highest BCUT2D eigenvalue weighted by Crippen LogP contribution is 2.36. The number of nitrogens with two attached hydrogens (primary N) is 1. The van der Waals surface area contributed by atoms with Crippen LogP contribution < -0.4 is 5.73 Å². The minimum Gasteiger partial charge on any atom is -0.481 e. The molecule has 0 spiro atoms. The largest absolute Gasteiger partial charge is 0.481 e. The predicted molar refractivity (Wildman–Crippen MR) is 53.0 cm³/mol. The van der Waals surface area contributed by atoms with Crippen molar-refractivity contribution < 1.29 is 14.7 Å². The van der Waals surface area contributed by atoms with Gasteiger partial charge in [-0.05, 0) is 18.8 Å². The molecular formula is C10H16N2O3. The second-order valence-electron chi connectivity index (χ2n) is 4.79. The maximum absolute atomic E-state index is 11.9. The Morgan fingerprint density at radius 2 is 2.00 bits per heavy atom. The van der Waals surface area contributed by atoms with Gasteiger partial charge in [0.15, 0.2) is 0 Å². The van der Waals surface area contributed by atoms with Crippen LogP contribution in [-0.2, 0) is 9.59 Å². The maximum atomic E-state index is 11.9. The summed E-state index contributed by atoms with van der Waals surface area (Å²) in [5.41, 5.74) is 5.12. The van der Waals surface area contributed by atoms with Crippen molar-refractivity contribution in [1.82, 2.24) is 4.90 Å². The van der Waals surface area contributed by atoms with Gasteiger partial charge in [-0.2, -0.15) is 0 Å². The molecule has 2 fully saturated rings. The van der Waals surface area contributed by atoms with Gasteiger partial charge < -0.3 is 15.7 Å². The quantitative estimate of drug-likeness (QED) is 0.655. The molecule has 2 aliphatic rings. The Balaban J connectivity index is 2.02. The predicted octanol–water partition coefficient (Wildman–Crippen LogP) is -0.343. The fourth-order valence-electron chi connectivity index (χ4n) is 2.12. The van der Waals surface area contributed by atoms with E-state index < -0.39 is 17.4 Å². The van der Waals surface area contributed by atoms with E-state index in [-0.39, 0.29) is 11.8 Å². The molecule has 15 heavy (non-hydrogen) atoms. The van der Waals surface area contributed by atoms with Crippen LogP contribution in [0, 0.1) is 11.8 Å². The standard InChI is InChI=1S/C10H16N2O3/c1-6-4-12(5-7(6)8(13)14)9(15)10(11)2-3-10/h6-7H,2-5,11H2,1H3,(H,13,14)/t6-,7-/m1/s1. The molecule has 5 heteroatoms. The van der Waals surface area contributed by atoms with Crippen molar-refractivity contribution in [3.05, 3.63) is 0 Å². The summed E-state index contributed by atoms with van der Waals surface area (Å²) in [7, 11) is 0. The van der Waals surface area contributed by atoms with E-state index in [1.165, 1.54) is 0 Å². The first-order chi connectivity index (χ1) is 6.94. The van der Waals surface area contributed by atoms with Gasteiger partial charge in [-0.3, -0.25) is 9.59 Å². The van der Waals surface area contributed by atoms with Gasteiger partial charge in [0.2, 0.25) is 5.91 Å². The number of likely N-dealkylation sites (tertiary alicyclic amines) is 1. The molecule has 0 unspecified atom stereocenters. The van der Waals surface area contributed by atoms with Crippen molar-refractivity contribution in [2.45, 2.75) is 25.3 Å². The first kappa shape index (κ1) is 10.4. The topological polar surface area (TPSA) is 83.6 Å². The molecule has 1 aliphatic carbocycles. The van der Waals surface area contributed by atoms with E-state index in [1.54, 1.807) is 4.90 Å².